The Hall–Kier alpha value is -1.72. The van der Waals surface area contributed by atoms with Gasteiger partial charge in [-0.05, 0) is 6.92 Å². The molecule has 6 heteroatoms. The number of Topliss-reactive ketones (excluding diaryl/α,β-unsaturated/α-hetero) is 1. The Morgan fingerprint density at radius 3 is 2.47 bits per heavy atom. The van der Waals surface area contributed by atoms with E-state index in [0.717, 1.165) is 13.0 Å². The van der Waals surface area contributed by atoms with E-state index in [1.165, 1.54) is 0 Å². The number of benzene rings is 1. The minimum Gasteiger partial charge on any atom is -0.435 e. The van der Waals surface area contributed by atoms with Crippen molar-refractivity contribution in [1.29, 1.82) is 0 Å². The highest BCUT2D eigenvalue weighted by Crippen LogP contribution is 2.25. The van der Waals surface area contributed by atoms with Crippen LogP contribution in [0.2, 0.25) is 0 Å². The van der Waals surface area contributed by atoms with E-state index in [9.17, 15) is 18.0 Å². The predicted molar refractivity (Wildman–Crippen MR) is 47.4 cm³/mol. The normalized spacial score (nSPS) is 10.5. The second-order valence-corrected chi connectivity index (χ2v) is 2.80. The van der Waals surface area contributed by atoms with Crippen LogP contribution in [0.4, 0.5) is 18.9 Å². The molecule has 3 nitrogen and oxygen atoms in total. The maximum atomic E-state index is 13.2. The van der Waals surface area contributed by atoms with E-state index in [-0.39, 0.29) is 11.3 Å². The molecule has 0 aliphatic carbocycles. The molecule has 0 heterocycles. The summed E-state index contributed by atoms with van der Waals surface area (Å²) >= 11 is 0. The average Bonchev–Trinajstić information content (AvgIpc) is 1.99. The van der Waals surface area contributed by atoms with Gasteiger partial charge in [0.25, 0.3) is 0 Å². The number of ether oxygens (including phenoxy) is 1. The summed E-state index contributed by atoms with van der Waals surface area (Å²) in [5.41, 5.74) is 4.77. The van der Waals surface area contributed by atoms with Gasteiger partial charge in [-0.25, -0.2) is 4.39 Å². The van der Waals surface area contributed by atoms with Gasteiger partial charge >= 0.3 is 6.61 Å². The molecule has 0 aliphatic rings. The molecule has 0 saturated heterocycles. The number of alkyl halides is 2. The van der Waals surface area contributed by atoms with Crippen LogP contribution in [0.1, 0.15) is 17.3 Å². The fourth-order valence-corrected chi connectivity index (χ4v) is 1.14. The van der Waals surface area contributed by atoms with Crippen LogP contribution in [0.5, 0.6) is 5.75 Å². The summed E-state index contributed by atoms with van der Waals surface area (Å²) in [6.45, 7) is -1.94. The molecule has 0 atom stereocenters. The third-order valence-corrected chi connectivity index (χ3v) is 1.67. The Morgan fingerprint density at radius 1 is 1.47 bits per heavy atom. The van der Waals surface area contributed by atoms with Crippen molar-refractivity contribution in [3.05, 3.63) is 23.5 Å². The van der Waals surface area contributed by atoms with Gasteiger partial charge in [0.05, 0.1) is 5.56 Å². The van der Waals surface area contributed by atoms with Gasteiger partial charge < -0.3 is 10.5 Å². The van der Waals surface area contributed by atoms with Gasteiger partial charge in [0, 0.05) is 17.8 Å². The molecule has 0 radical (unpaired) electrons. The molecule has 15 heavy (non-hydrogen) atoms. The maximum Gasteiger partial charge on any atom is 0.387 e. The van der Waals surface area contributed by atoms with Gasteiger partial charge in [0.2, 0.25) is 0 Å². The fraction of sp³-hybridized carbons (Fsp3) is 0.222. The van der Waals surface area contributed by atoms with Crippen molar-refractivity contribution in [1.82, 2.24) is 0 Å². The average molecular weight is 219 g/mol. The van der Waals surface area contributed by atoms with E-state index in [2.05, 4.69) is 4.74 Å². The molecule has 0 spiro atoms. The smallest absolute Gasteiger partial charge is 0.387 e. The highest BCUT2D eigenvalue weighted by Gasteiger charge is 2.15. The summed E-state index contributed by atoms with van der Waals surface area (Å²) in [5.74, 6) is -1.96. The summed E-state index contributed by atoms with van der Waals surface area (Å²) in [7, 11) is 0. The first kappa shape index (κ1) is 11.4. The van der Waals surface area contributed by atoms with Gasteiger partial charge in [0.15, 0.2) is 5.78 Å². The fourth-order valence-electron chi connectivity index (χ4n) is 1.14. The summed E-state index contributed by atoms with van der Waals surface area (Å²) in [6.07, 6.45) is 0. The van der Waals surface area contributed by atoms with Crippen LogP contribution >= 0.6 is 0 Å². The number of carbonyl (C=O) groups excluding carboxylic acids is 1. The van der Waals surface area contributed by atoms with Gasteiger partial charge in [0.1, 0.15) is 11.6 Å². The Bertz CT molecular complexity index is 370. The molecule has 0 saturated carbocycles. The Labute approximate surface area is 83.6 Å². The lowest BCUT2D eigenvalue weighted by molar-refractivity contribution is -0.0499. The van der Waals surface area contributed by atoms with Gasteiger partial charge in [-0.15, -0.1) is 0 Å². The van der Waals surface area contributed by atoms with Gasteiger partial charge in [-0.2, -0.15) is 8.78 Å². The molecular weight excluding hydrogens is 211 g/mol. The molecule has 1 aromatic rings. The third-order valence-electron chi connectivity index (χ3n) is 1.67. The van der Waals surface area contributed by atoms with Crippen molar-refractivity contribution < 1.29 is 22.7 Å². The molecule has 0 bridgehead atoms. The van der Waals surface area contributed by atoms with E-state index in [1.54, 1.807) is 0 Å². The van der Waals surface area contributed by atoms with Crippen molar-refractivity contribution in [3.8, 4) is 5.75 Å². The van der Waals surface area contributed by atoms with Crippen LogP contribution in [0, 0.1) is 5.82 Å². The minimum atomic E-state index is -3.06. The number of rotatable bonds is 3. The number of anilines is 1. The summed E-state index contributed by atoms with van der Waals surface area (Å²) in [4.78, 5) is 10.9. The number of ketones is 1. The molecular formula is C9H8F3NO2. The highest BCUT2D eigenvalue weighted by atomic mass is 19.3. The van der Waals surface area contributed by atoms with Crippen molar-refractivity contribution >= 4 is 11.5 Å². The molecule has 1 rings (SSSR count). The van der Waals surface area contributed by atoms with Crippen LogP contribution in [-0.4, -0.2) is 12.4 Å². The van der Waals surface area contributed by atoms with Crippen LogP contribution < -0.4 is 10.5 Å². The van der Waals surface area contributed by atoms with Crippen molar-refractivity contribution in [3.63, 3.8) is 0 Å². The van der Waals surface area contributed by atoms with E-state index < -0.39 is 24.0 Å². The first-order valence-corrected chi connectivity index (χ1v) is 3.96. The number of nitrogens with two attached hydrogens (primary N) is 1. The summed E-state index contributed by atoms with van der Waals surface area (Å²) in [6, 6.07) is 1.67. The van der Waals surface area contributed by atoms with Crippen LogP contribution in [-0.2, 0) is 0 Å². The quantitative estimate of drug-likeness (QED) is 0.626. The van der Waals surface area contributed by atoms with E-state index in [0.29, 0.717) is 6.07 Å². The summed E-state index contributed by atoms with van der Waals surface area (Å²) in [5, 5.41) is 0. The second-order valence-electron chi connectivity index (χ2n) is 2.80. The zero-order chi connectivity index (χ0) is 11.6. The highest BCUT2D eigenvalue weighted by molar-refractivity contribution is 5.99. The van der Waals surface area contributed by atoms with E-state index in [1.807, 2.05) is 0 Å². The van der Waals surface area contributed by atoms with Gasteiger partial charge in [-0.1, -0.05) is 0 Å². The number of carbonyl (C=O) groups is 1. The summed E-state index contributed by atoms with van der Waals surface area (Å²) < 4.78 is 40.7. The SMILES string of the molecule is CC(=O)c1c(N)cc(OC(F)F)cc1F. The number of nitrogen functional groups attached to an aromatic ring is 1. The lowest BCUT2D eigenvalue weighted by atomic mass is 10.1. The van der Waals surface area contributed by atoms with Gasteiger partial charge in [-0.3, -0.25) is 4.79 Å². The lowest BCUT2D eigenvalue weighted by Gasteiger charge is -2.08. The molecule has 0 amide bonds. The molecule has 0 aliphatic heterocycles. The molecule has 1 aromatic carbocycles. The van der Waals surface area contributed by atoms with Crippen LogP contribution in [0.3, 0.4) is 0 Å². The topological polar surface area (TPSA) is 52.3 Å². The van der Waals surface area contributed by atoms with Crippen molar-refractivity contribution in [2.75, 3.05) is 5.73 Å². The minimum absolute atomic E-state index is 0.224. The zero-order valence-corrected chi connectivity index (χ0v) is 7.76. The largest absolute Gasteiger partial charge is 0.435 e. The van der Waals surface area contributed by atoms with E-state index >= 15 is 0 Å². The molecule has 0 fully saturated rings. The zero-order valence-electron chi connectivity index (χ0n) is 7.76. The maximum absolute atomic E-state index is 13.2. The van der Waals surface area contributed by atoms with Crippen LogP contribution in [0.25, 0.3) is 0 Å². The molecule has 0 unspecified atom stereocenters. The molecule has 2 N–H and O–H groups in total. The van der Waals surface area contributed by atoms with E-state index in [4.69, 9.17) is 5.73 Å². The first-order valence-electron chi connectivity index (χ1n) is 3.96. The first-order chi connectivity index (χ1) is 6.91. The lowest BCUT2D eigenvalue weighted by Crippen LogP contribution is -2.07. The van der Waals surface area contributed by atoms with Crippen molar-refractivity contribution in [2.24, 2.45) is 0 Å². The Kier molecular flexibility index (Phi) is 3.18. The number of hydrogen-bond acceptors (Lipinski definition) is 3. The second kappa shape index (κ2) is 4.20. The number of halogens is 3. The number of hydrogen-bond donors (Lipinski definition) is 1. The predicted octanol–water partition coefficient (Wildman–Crippen LogP) is 2.21. The monoisotopic (exact) mass is 219 g/mol. The van der Waals surface area contributed by atoms with Crippen LogP contribution in [0.15, 0.2) is 12.1 Å². The van der Waals surface area contributed by atoms with Crippen molar-refractivity contribution in [2.45, 2.75) is 13.5 Å². The molecule has 82 valence electrons. The molecule has 0 aromatic heterocycles. The standard InChI is InChI=1S/C9H8F3NO2/c1-4(14)8-6(10)2-5(3-7(8)13)15-9(11)12/h2-3,9H,13H2,1H3. The Balaban J connectivity index is 3.14. The Morgan fingerprint density at radius 2 is 2.07 bits per heavy atom. The third kappa shape index (κ3) is 2.61.